The molecule has 0 radical (unpaired) electrons. The third-order valence-electron chi connectivity index (χ3n) is 2.89. The average molecular weight is 273 g/mol. The third kappa shape index (κ3) is 5.98. The molecule has 0 aliphatic heterocycles. The maximum atomic E-state index is 12.3. The van der Waals surface area contributed by atoms with E-state index in [-0.39, 0.29) is 18.4 Å². The molecule has 0 bridgehead atoms. The predicted octanol–water partition coefficient (Wildman–Crippen LogP) is 3.10. The molecule has 1 aromatic rings. The summed E-state index contributed by atoms with van der Waals surface area (Å²) in [7, 11) is 0. The zero-order chi connectivity index (χ0) is 14.1. The van der Waals surface area contributed by atoms with Crippen molar-refractivity contribution in [3.05, 3.63) is 29.8 Å². The van der Waals surface area contributed by atoms with Gasteiger partial charge < -0.3 is 15.2 Å². The average Bonchev–Trinajstić information content (AvgIpc) is 2.38. The Balaban J connectivity index is 2.48. The molecule has 0 spiro atoms. The summed E-state index contributed by atoms with van der Waals surface area (Å²) in [6, 6.07) is 6.76. The summed E-state index contributed by atoms with van der Waals surface area (Å²) < 4.78 is 29.1. The first-order chi connectivity index (χ1) is 9.15. The lowest BCUT2D eigenvalue weighted by atomic mass is 10.1. The van der Waals surface area contributed by atoms with Gasteiger partial charge in [-0.05, 0) is 38.8 Å². The van der Waals surface area contributed by atoms with Crippen molar-refractivity contribution in [1.82, 2.24) is 5.32 Å². The van der Waals surface area contributed by atoms with Crippen LogP contribution in [0, 0.1) is 0 Å². The minimum absolute atomic E-state index is 0.0518. The second-order valence-electron chi connectivity index (χ2n) is 4.38. The first-order valence-electron chi connectivity index (χ1n) is 6.53. The van der Waals surface area contributed by atoms with Crippen molar-refractivity contribution in [2.24, 2.45) is 0 Å². The molecule has 0 heterocycles. The number of aliphatic hydroxyl groups is 1. The third-order valence-corrected chi connectivity index (χ3v) is 2.89. The second-order valence-corrected chi connectivity index (χ2v) is 4.38. The lowest BCUT2D eigenvalue weighted by Crippen LogP contribution is -2.21. The van der Waals surface area contributed by atoms with Crippen molar-refractivity contribution in [1.29, 1.82) is 0 Å². The number of aliphatic hydroxyl groups excluding tert-OH is 1. The van der Waals surface area contributed by atoms with Gasteiger partial charge in [-0.25, -0.2) is 0 Å². The monoisotopic (exact) mass is 273 g/mol. The highest BCUT2D eigenvalue weighted by atomic mass is 19.3. The van der Waals surface area contributed by atoms with Crippen molar-refractivity contribution in [2.45, 2.75) is 38.8 Å². The summed E-state index contributed by atoms with van der Waals surface area (Å²) in [6.07, 6.45) is 2.69. The minimum atomic E-state index is -2.81. The predicted molar refractivity (Wildman–Crippen MR) is 70.4 cm³/mol. The highest BCUT2D eigenvalue weighted by Gasteiger charge is 2.13. The molecule has 5 heteroatoms. The standard InChI is InChI=1S/C14H21F2NO2/c1-11(17-9-5-2-6-10-18)12-7-3-4-8-13(12)19-14(15)16/h3-4,7-8,11,14,17-18H,2,5-6,9-10H2,1H3. The zero-order valence-corrected chi connectivity index (χ0v) is 11.1. The van der Waals surface area contributed by atoms with E-state index in [0.29, 0.717) is 0 Å². The normalized spacial score (nSPS) is 12.7. The molecule has 2 N–H and O–H groups in total. The molecule has 0 aromatic heterocycles. The Morgan fingerprint density at radius 1 is 1.21 bits per heavy atom. The summed E-state index contributed by atoms with van der Waals surface area (Å²) >= 11 is 0. The molecule has 0 amide bonds. The van der Waals surface area contributed by atoms with Crippen LogP contribution in [-0.2, 0) is 0 Å². The van der Waals surface area contributed by atoms with Crippen molar-refractivity contribution >= 4 is 0 Å². The fourth-order valence-corrected chi connectivity index (χ4v) is 1.88. The fourth-order valence-electron chi connectivity index (χ4n) is 1.88. The zero-order valence-electron chi connectivity index (χ0n) is 11.1. The van der Waals surface area contributed by atoms with Crippen LogP contribution >= 0.6 is 0 Å². The molecule has 0 fully saturated rings. The largest absolute Gasteiger partial charge is 0.434 e. The van der Waals surface area contributed by atoms with Gasteiger partial charge in [-0.15, -0.1) is 0 Å². The molecular weight excluding hydrogens is 252 g/mol. The van der Waals surface area contributed by atoms with Crippen molar-refractivity contribution in [3.63, 3.8) is 0 Å². The number of rotatable bonds is 9. The molecule has 1 unspecified atom stereocenters. The lowest BCUT2D eigenvalue weighted by molar-refractivity contribution is -0.0506. The van der Waals surface area contributed by atoms with Gasteiger partial charge in [0.15, 0.2) is 0 Å². The topological polar surface area (TPSA) is 41.5 Å². The molecule has 0 aliphatic rings. The fraction of sp³-hybridized carbons (Fsp3) is 0.571. The minimum Gasteiger partial charge on any atom is -0.434 e. The SMILES string of the molecule is CC(NCCCCCO)c1ccccc1OC(F)F. The molecular formula is C14H21F2NO2. The van der Waals surface area contributed by atoms with E-state index in [9.17, 15) is 8.78 Å². The van der Waals surface area contributed by atoms with Gasteiger partial charge in [-0.1, -0.05) is 18.2 Å². The van der Waals surface area contributed by atoms with Crippen LogP contribution in [0.15, 0.2) is 24.3 Å². The molecule has 0 aliphatic carbocycles. The first kappa shape index (κ1) is 15.9. The molecule has 108 valence electrons. The van der Waals surface area contributed by atoms with Gasteiger partial charge in [-0.3, -0.25) is 0 Å². The summed E-state index contributed by atoms with van der Waals surface area (Å²) in [4.78, 5) is 0. The Hall–Kier alpha value is -1.20. The van der Waals surface area contributed by atoms with Gasteiger partial charge in [0.1, 0.15) is 5.75 Å². The summed E-state index contributed by atoms with van der Waals surface area (Å²) in [5.41, 5.74) is 0.727. The van der Waals surface area contributed by atoms with E-state index in [1.165, 1.54) is 0 Å². The summed E-state index contributed by atoms with van der Waals surface area (Å²) in [5, 5.41) is 11.9. The summed E-state index contributed by atoms with van der Waals surface area (Å²) in [5.74, 6) is 0.216. The molecule has 1 aromatic carbocycles. The first-order valence-corrected chi connectivity index (χ1v) is 6.53. The van der Waals surface area contributed by atoms with Crippen LogP contribution in [-0.4, -0.2) is 24.9 Å². The lowest BCUT2D eigenvalue weighted by Gasteiger charge is -2.18. The molecule has 1 atom stereocenters. The van der Waals surface area contributed by atoms with Gasteiger partial charge >= 0.3 is 6.61 Å². The van der Waals surface area contributed by atoms with Crippen molar-refractivity contribution in [3.8, 4) is 5.75 Å². The number of hydrogen-bond acceptors (Lipinski definition) is 3. The maximum Gasteiger partial charge on any atom is 0.387 e. The van der Waals surface area contributed by atoms with Gasteiger partial charge in [0, 0.05) is 18.2 Å². The van der Waals surface area contributed by atoms with Crippen LogP contribution in [0.4, 0.5) is 8.78 Å². The number of para-hydroxylation sites is 1. The smallest absolute Gasteiger partial charge is 0.387 e. The van der Waals surface area contributed by atoms with Crippen LogP contribution in [0.3, 0.4) is 0 Å². The van der Waals surface area contributed by atoms with E-state index in [4.69, 9.17) is 5.11 Å². The number of ether oxygens (including phenoxy) is 1. The van der Waals surface area contributed by atoms with Gasteiger partial charge in [-0.2, -0.15) is 8.78 Å². The Morgan fingerprint density at radius 2 is 1.95 bits per heavy atom. The van der Waals surface area contributed by atoms with Gasteiger partial charge in [0.05, 0.1) is 0 Å². The van der Waals surface area contributed by atoms with E-state index in [0.717, 1.165) is 31.4 Å². The Kier molecular flexibility index (Phi) is 7.36. The van der Waals surface area contributed by atoms with E-state index in [1.54, 1.807) is 24.3 Å². The van der Waals surface area contributed by atoms with Crippen LogP contribution in [0.25, 0.3) is 0 Å². The van der Waals surface area contributed by atoms with Gasteiger partial charge in [0.25, 0.3) is 0 Å². The van der Waals surface area contributed by atoms with E-state index in [2.05, 4.69) is 10.1 Å². The van der Waals surface area contributed by atoms with E-state index in [1.807, 2.05) is 6.92 Å². The number of halogens is 2. The molecule has 19 heavy (non-hydrogen) atoms. The second kappa shape index (κ2) is 8.82. The molecule has 3 nitrogen and oxygen atoms in total. The quantitative estimate of drug-likeness (QED) is 0.679. The van der Waals surface area contributed by atoms with E-state index >= 15 is 0 Å². The Labute approximate surface area is 112 Å². The molecule has 1 rings (SSSR count). The maximum absolute atomic E-state index is 12.3. The van der Waals surface area contributed by atoms with Crippen LogP contribution in [0.5, 0.6) is 5.75 Å². The van der Waals surface area contributed by atoms with Crippen LogP contribution in [0.1, 0.15) is 37.8 Å². The number of alkyl halides is 2. The molecule has 0 saturated heterocycles. The number of unbranched alkanes of at least 4 members (excludes halogenated alkanes) is 2. The number of hydrogen-bond donors (Lipinski definition) is 2. The molecule has 0 saturated carbocycles. The van der Waals surface area contributed by atoms with Gasteiger partial charge in [0.2, 0.25) is 0 Å². The van der Waals surface area contributed by atoms with Crippen molar-refractivity contribution < 1.29 is 18.6 Å². The van der Waals surface area contributed by atoms with E-state index < -0.39 is 6.61 Å². The number of nitrogens with one attached hydrogen (secondary N) is 1. The Bertz CT molecular complexity index is 361. The highest BCUT2D eigenvalue weighted by Crippen LogP contribution is 2.26. The van der Waals surface area contributed by atoms with Crippen LogP contribution in [0.2, 0.25) is 0 Å². The Morgan fingerprint density at radius 3 is 2.63 bits per heavy atom. The summed E-state index contributed by atoms with van der Waals surface area (Å²) in [6.45, 7) is 0.0997. The highest BCUT2D eigenvalue weighted by molar-refractivity contribution is 5.35. The van der Waals surface area contributed by atoms with Crippen molar-refractivity contribution in [2.75, 3.05) is 13.2 Å². The van der Waals surface area contributed by atoms with Crippen LogP contribution < -0.4 is 10.1 Å². The number of benzene rings is 1.